The van der Waals surface area contributed by atoms with Crippen LogP contribution in [0, 0.1) is 12.3 Å². The minimum atomic E-state index is -0.721. The largest absolute Gasteiger partial charge is 0.497 e. The molecule has 4 rings (SSSR count). The number of benzene rings is 2. The van der Waals surface area contributed by atoms with Gasteiger partial charge in [0.1, 0.15) is 12.4 Å². The Morgan fingerprint density at radius 1 is 1.19 bits per heavy atom. The molecule has 0 spiro atoms. The monoisotopic (exact) mass is 518 g/mol. The SMILES string of the molecule is C#CCOc1ccc(/C=c2\sc3n(c2=O)[C@@H](c2cccc(OC)c2)C(C(=O)OCC)=C(C)N=3)cc1OC. The number of fused-ring (bicyclic) bond motifs is 1. The zero-order valence-electron chi connectivity index (χ0n) is 20.9. The maximum atomic E-state index is 13.7. The number of ether oxygens (including phenoxy) is 4. The summed E-state index contributed by atoms with van der Waals surface area (Å²) in [5, 5.41) is 0. The second kappa shape index (κ2) is 11.2. The average molecular weight is 519 g/mol. The highest BCUT2D eigenvalue weighted by Crippen LogP contribution is 2.32. The van der Waals surface area contributed by atoms with Crippen LogP contribution in [0.5, 0.6) is 17.2 Å². The molecule has 1 aliphatic rings. The summed E-state index contributed by atoms with van der Waals surface area (Å²) in [7, 11) is 3.10. The molecule has 1 atom stereocenters. The van der Waals surface area contributed by atoms with Crippen LogP contribution in [-0.4, -0.2) is 38.0 Å². The Morgan fingerprint density at radius 3 is 2.70 bits per heavy atom. The van der Waals surface area contributed by atoms with Gasteiger partial charge in [-0.15, -0.1) is 6.42 Å². The van der Waals surface area contributed by atoms with Gasteiger partial charge in [0.05, 0.1) is 42.7 Å². The van der Waals surface area contributed by atoms with E-state index in [4.69, 9.17) is 25.4 Å². The summed E-state index contributed by atoms with van der Waals surface area (Å²) in [6.07, 6.45) is 7.04. The molecule has 1 aliphatic heterocycles. The van der Waals surface area contributed by atoms with E-state index in [1.807, 2.05) is 12.1 Å². The van der Waals surface area contributed by atoms with E-state index in [2.05, 4.69) is 10.9 Å². The first-order chi connectivity index (χ1) is 17.9. The van der Waals surface area contributed by atoms with Crippen LogP contribution < -0.4 is 29.1 Å². The Morgan fingerprint density at radius 2 is 2.00 bits per heavy atom. The predicted molar refractivity (Wildman–Crippen MR) is 141 cm³/mol. The second-order valence-corrected chi connectivity index (χ2v) is 8.99. The second-order valence-electron chi connectivity index (χ2n) is 7.98. The minimum absolute atomic E-state index is 0.112. The van der Waals surface area contributed by atoms with Crippen molar-refractivity contribution < 1.29 is 23.7 Å². The van der Waals surface area contributed by atoms with Crippen molar-refractivity contribution in [1.29, 1.82) is 0 Å². The molecular formula is C28H26N2O6S. The lowest BCUT2D eigenvalue weighted by molar-refractivity contribution is -0.139. The van der Waals surface area contributed by atoms with E-state index >= 15 is 0 Å². The van der Waals surface area contributed by atoms with Crippen LogP contribution in [0.25, 0.3) is 6.08 Å². The van der Waals surface area contributed by atoms with Crippen molar-refractivity contribution >= 4 is 23.4 Å². The highest BCUT2D eigenvalue weighted by Gasteiger charge is 2.33. The number of hydrogen-bond acceptors (Lipinski definition) is 8. The van der Waals surface area contributed by atoms with Gasteiger partial charge in [-0.25, -0.2) is 9.79 Å². The molecular weight excluding hydrogens is 492 g/mol. The van der Waals surface area contributed by atoms with E-state index in [9.17, 15) is 9.59 Å². The number of methoxy groups -OCH3 is 2. The van der Waals surface area contributed by atoms with E-state index < -0.39 is 12.0 Å². The lowest BCUT2D eigenvalue weighted by atomic mass is 9.95. The summed E-state index contributed by atoms with van der Waals surface area (Å²) in [4.78, 5) is 31.8. The van der Waals surface area contributed by atoms with Gasteiger partial charge < -0.3 is 18.9 Å². The Labute approximate surface area is 218 Å². The number of aromatic nitrogens is 1. The van der Waals surface area contributed by atoms with Gasteiger partial charge in [0.15, 0.2) is 16.3 Å². The number of carbonyl (C=O) groups excluding carboxylic acids is 1. The van der Waals surface area contributed by atoms with E-state index in [0.717, 1.165) is 5.56 Å². The van der Waals surface area contributed by atoms with Crippen molar-refractivity contribution in [3.05, 3.63) is 84.5 Å². The molecule has 3 aromatic rings. The standard InChI is InChI=1S/C28H26N2O6S/c1-6-13-36-21-12-11-18(14-22(21)34-5)15-23-26(31)30-25(19-9-8-10-20(16-19)33-4)24(27(32)35-7-2)17(3)29-28(30)37-23/h1,8-12,14-16,25H,7,13H2,2-5H3/b23-15-/t25-/m0/s1. The molecule has 0 aliphatic carbocycles. The highest BCUT2D eigenvalue weighted by atomic mass is 32.1. The van der Waals surface area contributed by atoms with Crippen LogP contribution in [0.4, 0.5) is 0 Å². The maximum Gasteiger partial charge on any atom is 0.338 e. The lowest BCUT2D eigenvalue weighted by Crippen LogP contribution is -2.39. The van der Waals surface area contributed by atoms with Crippen LogP contribution in [0.2, 0.25) is 0 Å². The van der Waals surface area contributed by atoms with Crippen LogP contribution in [-0.2, 0) is 9.53 Å². The molecule has 2 aromatic carbocycles. The normalized spacial score (nSPS) is 14.9. The fraction of sp³-hybridized carbons (Fsp3) is 0.250. The third kappa shape index (κ3) is 5.15. The van der Waals surface area contributed by atoms with Crippen molar-refractivity contribution in [1.82, 2.24) is 4.57 Å². The molecule has 2 heterocycles. The Kier molecular flexibility index (Phi) is 7.80. The highest BCUT2D eigenvalue weighted by molar-refractivity contribution is 7.07. The predicted octanol–water partition coefficient (Wildman–Crippen LogP) is 2.83. The number of rotatable bonds is 8. The zero-order valence-corrected chi connectivity index (χ0v) is 21.8. The Balaban J connectivity index is 1.89. The minimum Gasteiger partial charge on any atom is -0.497 e. The van der Waals surface area contributed by atoms with Gasteiger partial charge >= 0.3 is 5.97 Å². The molecule has 0 amide bonds. The first-order valence-electron chi connectivity index (χ1n) is 11.5. The average Bonchev–Trinajstić information content (AvgIpc) is 3.21. The summed E-state index contributed by atoms with van der Waals surface area (Å²) in [6.45, 7) is 3.80. The molecule has 9 heteroatoms. The molecule has 0 fully saturated rings. The molecule has 0 unspecified atom stereocenters. The summed E-state index contributed by atoms with van der Waals surface area (Å²) in [6, 6.07) is 11.9. The molecule has 0 N–H and O–H groups in total. The molecule has 1 aromatic heterocycles. The van der Waals surface area contributed by atoms with E-state index in [0.29, 0.717) is 43.4 Å². The topological polar surface area (TPSA) is 88.4 Å². The van der Waals surface area contributed by atoms with E-state index in [1.54, 1.807) is 57.4 Å². The van der Waals surface area contributed by atoms with E-state index in [-0.39, 0.29) is 18.8 Å². The molecule has 37 heavy (non-hydrogen) atoms. The van der Waals surface area contributed by atoms with Gasteiger partial charge in [-0.2, -0.15) is 0 Å². The first-order valence-corrected chi connectivity index (χ1v) is 12.3. The van der Waals surface area contributed by atoms with Gasteiger partial charge in [0.25, 0.3) is 5.56 Å². The number of carbonyl (C=O) groups is 1. The third-order valence-electron chi connectivity index (χ3n) is 5.72. The molecule has 8 nitrogen and oxygen atoms in total. The molecule has 0 saturated carbocycles. The number of hydrogen-bond donors (Lipinski definition) is 0. The van der Waals surface area contributed by atoms with Gasteiger partial charge in [-0.3, -0.25) is 9.36 Å². The van der Waals surface area contributed by atoms with Crippen molar-refractivity contribution in [2.45, 2.75) is 19.9 Å². The maximum absolute atomic E-state index is 13.7. The summed E-state index contributed by atoms with van der Waals surface area (Å²) in [5.41, 5.74) is 1.97. The number of esters is 1. The molecule has 0 saturated heterocycles. The Bertz CT molecular complexity index is 1590. The summed E-state index contributed by atoms with van der Waals surface area (Å²) < 4.78 is 23.6. The Hall–Kier alpha value is -4.29. The van der Waals surface area contributed by atoms with Gasteiger partial charge in [0.2, 0.25) is 0 Å². The quantitative estimate of drug-likeness (QED) is 0.337. The van der Waals surface area contributed by atoms with Gasteiger partial charge in [0, 0.05) is 0 Å². The van der Waals surface area contributed by atoms with Crippen LogP contribution in [0.15, 0.2) is 63.5 Å². The molecule has 0 bridgehead atoms. The molecule has 190 valence electrons. The van der Waals surface area contributed by atoms with Crippen molar-refractivity contribution in [2.75, 3.05) is 27.4 Å². The van der Waals surface area contributed by atoms with Gasteiger partial charge in [-0.1, -0.05) is 35.5 Å². The summed E-state index contributed by atoms with van der Waals surface area (Å²) in [5.74, 6) is 3.51. The lowest BCUT2D eigenvalue weighted by Gasteiger charge is -2.25. The fourth-order valence-electron chi connectivity index (χ4n) is 4.08. The number of allylic oxidation sites excluding steroid dienone is 1. The summed E-state index contributed by atoms with van der Waals surface area (Å²) >= 11 is 1.24. The third-order valence-corrected chi connectivity index (χ3v) is 6.71. The van der Waals surface area contributed by atoms with Crippen molar-refractivity contribution in [2.24, 2.45) is 4.99 Å². The van der Waals surface area contributed by atoms with Crippen LogP contribution in [0.3, 0.4) is 0 Å². The number of terminal acetylenes is 1. The van der Waals surface area contributed by atoms with Crippen molar-refractivity contribution in [3.63, 3.8) is 0 Å². The first kappa shape index (κ1) is 25.8. The molecule has 0 radical (unpaired) electrons. The fourth-order valence-corrected chi connectivity index (χ4v) is 5.13. The van der Waals surface area contributed by atoms with Crippen molar-refractivity contribution in [3.8, 4) is 29.6 Å². The van der Waals surface area contributed by atoms with E-state index in [1.165, 1.54) is 23.0 Å². The van der Waals surface area contributed by atoms with Crippen LogP contribution >= 0.6 is 11.3 Å². The van der Waals surface area contributed by atoms with Crippen LogP contribution in [0.1, 0.15) is 31.0 Å². The zero-order chi connectivity index (χ0) is 26.5. The smallest absolute Gasteiger partial charge is 0.338 e. The van der Waals surface area contributed by atoms with Gasteiger partial charge in [-0.05, 0) is 55.3 Å². The number of nitrogens with zero attached hydrogens (tertiary/aromatic N) is 2. The number of thiazole rings is 1.